The molecule has 3 aromatic rings. The van der Waals surface area contributed by atoms with E-state index in [0.29, 0.717) is 28.7 Å². The van der Waals surface area contributed by atoms with Crippen molar-refractivity contribution in [3.8, 4) is 0 Å². The Morgan fingerprint density at radius 1 is 1.17 bits per heavy atom. The lowest BCUT2D eigenvalue weighted by Gasteiger charge is -2.32. The van der Waals surface area contributed by atoms with Crippen molar-refractivity contribution < 1.29 is 4.79 Å². The SMILES string of the molecule is Cc1ccc(CNC(=O)c2cnc3c(c2)N(Cc2cc(Cl)ccc2Cl)CCN3)cc1. The van der Waals surface area contributed by atoms with Gasteiger partial charge in [-0.15, -0.1) is 0 Å². The van der Waals surface area contributed by atoms with Crippen molar-refractivity contribution in [3.63, 3.8) is 0 Å². The molecular formula is C23H22Cl2N4O. The summed E-state index contributed by atoms with van der Waals surface area (Å²) in [4.78, 5) is 19.3. The van der Waals surface area contributed by atoms with Crippen LogP contribution in [-0.2, 0) is 13.1 Å². The fraction of sp³-hybridized carbons (Fsp3) is 0.217. The van der Waals surface area contributed by atoms with E-state index in [-0.39, 0.29) is 5.91 Å². The number of pyridine rings is 1. The van der Waals surface area contributed by atoms with Crippen molar-refractivity contribution in [2.75, 3.05) is 23.3 Å². The summed E-state index contributed by atoms with van der Waals surface area (Å²) in [5, 5.41) is 7.57. The van der Waals surface area contributed by atoms with E-state index in [1.165, 1.54) is 5.56 Å². The third-order valence-corrected chi connectivity index (χ3v) is 5.69. The zero-order valence-corrected chi connectivity index (χ0v) is 18.1. The van der Waals surface area contributed by atoms with Crippen LogP contribution >= 0.6 is 23.2 Å². The summed E-state index contributed by atoms with van der Waals surface area (Å²) in [6, 6.07) is 15.4. The number of aryl methyl sites for hydroxylation is 1. The average molecular weight is 441 g/mol. The van der Waals surface area contributed by atoms with Gasteiger partial charge in [-0.05, 0) is 42.3 Å². The highest BCUT2D eigenvalue weighted by Crippen LogP contribution is 2.31. The molecule has 0 radical (unpaired) electrons. The summed E-state index contributed by atoms with van der Waals surface area (Å²) in [7, 11) is 0. The van der Waals surface area contributed by atoms with Crippen LogP contribution in [0, 0.1) is 6.92 Å². The fourth-order valence-electron chi connectivity index (χ4n) is 3.41. The first-order valence-electron chi connectivity index (χ1n) is 9.76. The number of anilines is 2. The van der Waals surface area contributed by atoms with E-state index in [1.54, 1.807) is 18.3 Å². The molecule has 0 fully saturated rings. The first-order valence-corrected chi connectivity index (χ1v) is 10.5. The van der Waals surface area contributed by atoms with Crippen LogP contribution in [0.25, 0.3) is 0 Å². The lowest BCUT2D eigenvalue weighted by molar-refractivity contribution is 0.0950. The summed E-state index contributed by atoms with van der Waals surface area (Å²) in [5.41, 5.74) is 4.58. The van der Waals surface area contributed by atoms with Gasteiger partial charge in [0.2, 0.25) is 0 Å². The molecule has 4 rings (SSSR count). The number of carbonyl (C=O) groups is 1. The maximum atomic E-state index is 12.7. The minimum atomic E-state index is -0.155. The lowest BCUT2D eigenvalue weighted by atomic mass is 10.1. The molecule has 0 aliphatic carbocycles. The Kier molecular flexibility index (Phi) is 6.11. The van der Waals surface area contributed by atoms with E-state index in [1.807, 2.05) is 43.3 Å². The number of nitrogens with zero attached hydrogens (tertiary/aromatic N) is 2. The van der Waals surface area contributed by atoms with Crippen LogP contribution < -0.4 is 15.5 Å². The predicted molar refractivity (Wildman–Crippen MR) is 123 cm³/mol. The molecule has 2 aromatic carbocycles. The standard InChI is InChI=1S/C23H22Cl2N4O/c1-15-2-4-16(5-3-15)12-28-23(30)17-11-21-22(27-13-17)26-8-9-29(21)14-18-10-19(24)6-7-20(18)25/h2-7,10-11,13H,8-9,12,14H2,1H3,(H,26,27)(H,28,30). The number of rotatable bonds is 5. The maximum Gasteiger partial charge on any atom is 0.253 e. The van der Waals surface area contributed by atoms with Gasteiger partial charge in [-0.2, -0.15) is 0 Å². The molecule has 5 nitrogen and oxygen atoms in total. The minimum Gasteiger partial charge on any atom is -0.367 e. The molecule has 0 unspecified atom stereocenters. The van der Waals surface area contributed by atoms with Gasteiger partial charge in [-0.3, -0.25) is 4.79 Å². The second-order valence-corrected chi connectivity index (χ2v) is 8.19. The highest BCUT2D eigenvalue weighted by molar-refractivity contribution is 6.33. The number of aromatic nitrogens is 1. The van der Waals surface area contributed by atoms with E-state index in [2.05, 4.69) is 20.5 Å². The number of nitrogens with one attached hydrogen (secondary N) is 2. The van der Waals surface area contributed by atoms with Crippen LogP contribution in [0.4, 0.5) is 11.5 Å². The molecule has 7 heteroatoms. The van der Waals surface area contributed by atoms with Crippen LogP contribution in [0.2, 0.25) is 10.0 Å². The summed E-state index contributed by atoms with van der Waals surface area (Å²) >= 11 is 12.5. The Morgan fingerprint density at radius 3 is 2.77 bits per heavy atom. The van der Waals surface area contributed by atoms with Gasteiger partial charge in [0.05, 0.1) is 11.3 Å². The normalized spacial score (nSPS) is 12.8. The van der Waals surface area contributed by atoms with Gasteiger partial charge in [-0.25, -0.2) is 4.98 Å². The second-order valence-electron chi connectivity index (χ2n) is 7.34. The maximum absolute atomic E-state index is 12.7. The molecule has 1 aliphatic heterocycles. The van der Waals surface area contributed by atoms with Crippen molar-refractivity contribution in [1.82, 2.24) is 10.3 Å². The van der Waals surface area contributed by atoms with Crippen molar-refractivity contribution in [3.05, 3.63) is 87.0 Å². The van der Waals surface area contributed by atoms with Crippen LogP contribution in [0.1, 0.15) is 27.0 Å². The molecule has 30 heavy (non-hydrogen) atoms. The van der Waals surface area contributed by atoms with Crippen molar-refractivity contribution >= 4 is 40.6 Å². The third kappa shape index (κ3) is 4.69. The van der Waals surface area contributed by atoms with Gasteiger partial charge < -0.3 is 15.5 Å². The third-order valence-electron chi connectivity index (χ3n) is 5.09. The van der Waals surface area contributed by atoms with Crippen molar-refractivity contribution in [2.24, 2.45) is 0 Å². The highest BCUT2D eigenvalue weighted by Gasteiger charge is 2.21. The highest BCUT2D eigenvalue weighted by atomic mass is 35.5. The first kappa shape index (κ1) is 20.5. The van der Waals surface area contributed by atoms with E-state index >= 15 is 0 Å². The molecule has 0 atom stereocenters. The molecule has 1 aromatic heterocycles. The number of amides is 1. The van der Waals surface area contributed by atoms with E-state index in [4.69, 9.17) is 23.2 Å². The van der Waals surface area contributed by atoms with Crippen LogP contribution in [0.15, 0.2) is 54.7 Å². The molecule has 0 saturated carbocycles. The summed E-state index contributed by atoms with van der Waals surface area (Å²) in [6.45, 7) is 4.63. The predicted octanol–water partition coefficient (Wildman–Crippen LogP) is 5.06. The molecule has 2 N–H and O–H groups in total. The Hall–Kier alpha value is -2.76. The number of hydrogen-bond donors (Lipinski definition) is 2. The topological polar surface area (TPSA) is 57.3 Å². The van der Waals surface area contributed by atoms with Crippen molar-refractivity contribution in [1.29, 1.82) is 0 Å². The Balaban J connectivity index is 1.52. The molecular weight excluding hydrogens is 419 g/mol. The Labute approximate surface area is 186 Å². The quantitative estimate of drug-likeness (QED) is 0.581. The van der Waals surface area contributed by atoms with Crippen LogP contribution in [0.5, 0.6) is 0 Å². The number of carbonyl (C=O) groups excluding carboxylic acids is 1. The summed E-state index contributed by atoms with van der Waals surface area (Å²) in [5.74, 6) is 0.603. The summed E-state index contributed by atoms with van der Waals surface area (Å²) < 4.78 is 0. The zero-order chi connectivity index (χ0) is 21.1. The molecule has 154 valence electrons. The molecule has 1 amide bonds. The van der Waals surface area contributed by atoms with Gasteiger partial charge in [-0.1, -0.05) is 53.0 Å². The van der Waals surface area contributed by atoms with E-state index < -0.39 is 0 Å². The van der Waals surface area contributed by atoms with Gasteiger partial charge >= 0.3 is 0 Å². The van der Waals surface area contributed by atoms with Gasteiger partial charge in [0.15, 0.2) is 0 Å². The zero-order valence-electron chi connectivity index (χ0n) is 16.6. The van der Waals surface area contributed by atoms with Gasteiger partial charge in [0.25, 0.3) is 5.91 Å². The van der Waals surface area contributed by atoms with Crippen molar-refractivity contribution in [2.45, 2.75) is 20.0 Å². The van der Waals surface area contributed by atoms with E-state index in [0.717, 1.165) is 35.7 Å². The van der Waals surface area contributed by atoms with Crippen LogP contribution in [-0.4, -0.2) is 24.0 Å². The number of benzene rings is 2. The fourth-order valence-corrected chi connectivity index (χ4v) is 3.78. The largest absolute Gasteiger partial charge is 0.367 e. The molecule has 0 spiro atoms. The monoisotopic (exact) mass is 440 g/mol. The number of hydrogen-bond acceptors (Lipinski definition) is 4. The van der Waals surface area contributed by atoms with Gasteiger partial charge in [0.1, 0.15) is 5.82 Å². The van der Waals surface area contributed by atoms with Gasteiger partial charge in [0, 0.05) is 42.4 Å². The number of fused-ring (bicyclic) bond motifs is 1. The summed E-state index contributed by atoms with van der Waals surface area (Å²) in [6.07, 6.45) is 1.60. The lowest BCUT2D eigenvalue weighted by Crippen LogP contribution is -2.34. The van der Waals surface area contributed by atoms with E-state index in [9.17, 15) is 4.79 Å². The molecule has 1 aliphatic rings. The number of halogens is 2. The smallest absolute Gasteiger partial charge is 0.253 e. The first-order chi connectivity index (χ1) is 14.5. The molecule has 0 saturated heterocycles. The average Bonchev–Trinajstić information content (AvgIpc) is 2.75. The minimum absolute atomic E-state index is 0.155. The Bertz CT molecular complexity index is 1070. The molecule has 2 heterocycles. The molecule has 0 bridgehead atoms. The Morgan fingerprint density at radius 2 is 1.97 bits per heavy atom. The second kappa shape index (κ2) is 8.94. The van der Waals surface area contributed by atoms with Crippen LogP contribution in [0.3, 0.4) is 0 Å².